The Balaban J connectivity index is 3.07. The van der Waals surface area contributed by atoms with Crippen molar-refractivity contribution in [3.05, 3.63) is 16.3 Å². The fraction of sp³-hybridized carbons (Fsp3) is 0.750. The summed E-state index contributed by atoms with van der Waals surface area (Å²) in [5.41, 5.74) is 5.24. The van der Waals surface area contributed by atoms with E-state index in [9.17, 15) is 4.79 Å². The summed E-state index contributed by atoms with van der Waals surface area (Å²) in [6.07, 6.45) is 1.75. The molecule has 0 saturated carbocycles. The first-order chi connectivity index (χ1) is 6.18. The monoisotopic (exact) mass is 184 g/mol. The van der Waals surface area contributed by atoms with E-state index in [1.165, 1.54) is 0 Å². The van der Waals surface area contributed by atoms with Gasteiger partial charge in [0, 0.05) is 12.0 Å². The summed E-state index contributed by atoms with van der Waals surface area (Å²) in [5.74, 6) is 0.671. The quantitative estimate of drug-likeness (QED) is 0.620. The predicted octanol–water partition coefficient (Wildman–Crippen LogP) is 0.114. The van der Waals surface area contributed by atoms with Gasteiger partial charge in [0.2, 0.25) is 0 Å². The number of aromatic amines is 2. The highest BCUT2D eigenvalue weighted by atomic mass is 16.1. The third kappa shape index (κ3) is 1.65. The summed E-state index contributed by atoms with van der Waals surface area (Å²) >= 11 is 0. The largest absolute Gasteiger partial charge is 0.340 e. The number of nitrogens with zero attached hydrogens (tertiary/aromatic N) is 1. The van der Waals surface area contributed by atoms with Gasteiger partial charge in [-0.2, -0.15) is 5.10 Å². The maximum Gasteiger partial charge on any atom is 0.340 e. The first kappa shape index (κ1) is 9.98. The third-order valence-electron chi connectivity index (χ3n) is 2.75. The van der Waals surface area contributed by atoms with Crippen LogP contribution in [0.1, 0.15) is 32.5 Å². The van der Waals surface area contributed by atoms with E-state index in [0.29, 0.717) is 12.4 Å². The second-order valence-electron chi connectivity index (χ2n) is 3.22. The van der Waals surface area contributed by atoms with Crippen molar-refractivity contribution in [2.75, 3.05) is 6.54 Å². The van der Waals surface area contributed by atoms with Crippen LogP contribution in [0.4, 0.5) is 0 Å². The standard InChI is InChI=1S/C8H16N4O/c1-3-8(4-2,5-9)6-10-7(13)12-11-6/h3-5,9H2,1-2H3,(H2,10,11,12,13). The summed E-state index contributed by atoms with van der Waals surface area (Å²) in [6.45, 7) is 4.59. The van der Waals surface area contributed by atoms with Gasteiger partial charge in [-0.3, -0.25) is 4.98 Å². The van der Waals surface area contributed by atoms with Crippen molar-refractivity contribution in [3.63, 3.8) is 0 Å². The second kappa shape index (κ2) is 3.74. The molecule has 0 bridgehead atoms. The molecule has 0 saturated heterocycles. The van der Waals surface area contributed by atoms with Gasteiger partial charge in [-0.25, -0.2) is 9.89 Å². The maximum atomic E-state index is 10.9. The summed E-state index contributed by atoms with van der Waals surface area (Å²) in [7, 11) is 0. The Morgan fingerprint density at radius 1 is 1.46 bits per heavy atom. The number of nitrogens with one attached hydrogen (secondary N) is 2. The number of nitrogens with two attached hydrogens (primary N) is 1. The van der Waals surface area contributed by atoms with E-state index in [1.54, 1.807) is 0 Å². The van der Waals surface area contributed by atoms with Crippen molar-refractivity contribution in [1.29, 1.82) is 0 Å². The van der Waals surface area contributed by atoms with Crippen LogP contribution in [-0.4, -0.2) is 21.7 Å². The molecule has 0 radical (unpaired) electrons. The number of aromatic nitrogens is 3. The Hall–Kier alpha value is -1.10. The molecule has 1 rings (SSSR count). The van der Waals surface area contributed by atoms with Gasteiger partial charge in [0.15, 0.2) is 0 Å². The van der Waals surface area contributed by atoms with Gasteiger partial charge in [0.05, 0.1) is 0 Å². The van der Waals surface area contributed by atoms with Crippen LogP contribution in [0.25, 0.3) is 0 Å². The molecule has 0 atom stereocenters. The lowest BCUT2D eigenvalue weighted by atomic mass is 9.82. The predicted molar refractivity (Wildman–Crippen MR) is 50.5 cm³/mol. The van der Waals surface area contributed by atoms with Gasteiger partial charge in [0.25, 0.3) is 0 Å². The van der Waals surface area contributed by atoms with E-state index in [4.69, 9.17) is 5.73 Å². The summed E-state index contributed by atoms with van der Waals surface area (Å²) in [5, 5.41) is 6.29. The molecule has 1 heterocycles. The molecular weight excluding hydrogens is 168 g/mol. The topological polar surface area (TPSA) is 87.6 Å². The Labute approximate surface area is 76.7 Å². The van der Waals surface area contributed by atoms with E-state index in [0.717, 1.165) is 12.8 Å². The maximum absolute atomic E-state index is 10.9. The van der Waals surface area contributed by atoms with Crippen molar-refractivity contribution in [1.82, 2.24) is 15.2 Å². The van der Waals surface area contributed by atoms with Crippen molar-refractivity contribution in [2.45, 2.75) is 32.1 Å². The summed E-state index contributed by atoms with van der Waals surface area (Å²) in [4.78, 5) is 13.5. The first-order valence-corrected chi connectivity index (χ1v) is 4.53. The SMILES string of the molecule is CCC(CC)(CN)c1n[nH]c(=O)[nH]1. The van der Waals surface area contributed by atoms with E-state index in [-0.39, 0.29) is 11.1 Å². The molecule has 0 aliphatic rings. The molecule has 0 aliphatic carbocycles. The van der Waals surface area contributed by atoms with Gasteiger partial charge in [-0.15, -0.1) is 0 Å². The minimum absolute atomic E-state index is 0.181. The zero-order chi connectivity index (χ0) is 9.90. The first-order valence-electron chi connectivity index (χ1n) is 4.53. The van der Waals surface area contributed by atoms with Crippen LogP contribution in [0.2, 0.25) is 0 Å². The van der Waals surface area contributed by atoms with Crippen LogP contribution in [0.3, 0.4) is 0 Å². The Morgan fingerprint density at radius 3 is 2.38 bits per heavy atom. The lowest BCUT2D eigenvalue weighted by Crippen LogP contribution is -2.35. The molecule has 0 aliphatic heterocycles. The van der Waals surface area contributed by atoms with E-state index in [1.807, 2.05) is 13.8 Å². The van der Waals surface area contributed by atoms with E-state index in [2.05, 4.69) is 15.2 Å². The van der Waals surface area contributed by atoms with E-state index < -0.39 is 0 Å². The molecule has 5 heteroatoms. The molecule has 74 valence electrons. The van der Waals surface area contributed by atoms with Crippen molar-refractivity contribution < 1.29 is 0 Å². The van der Waals surface area contributed by atoms with Crippen LogP contribution >= 0.6 is 0 Å². The number of rotatable bonds is 4. The molecule has 5 nitrogen and oxygen atoms in total. The molecule has 1 aromatic heterocycles. The smallest absolute Gasteiger partial charge is 0.329 e. The van der Waals surface area contributed by atoms with Gasteiger partial charge in [0.1, 0.15) is 5.82 Å². The molecule has 13 heavy (non-hydrogen) atoms. The fourth-order valence-corrected chi connectivity index (χ4v) is 1.49. The van der Waals surface area contributed by atoms with E-state index >= 15 is 0 Å². The number of hydrogen-bond acceptors (Lipinski definition) is 3. The normalized spacial score (nSPS) is 11.9. The Morgan fingerprint density at radius 2 is 2.08 bits per heavy atom. The molecule has 1 aromatic rings. The van der Waals surface area contributed by atoms with Crippen LogP contribution in [0.15, 0.2) is 4.79 Å². The van der Waals surface area contributed by atoms with Gasteiger partial charge < -0.3 is 5.73 Å². The molecule has 0 unspecified atom stereocenters. The molecular formula is C8H16N4O. The molecule has 0 fully saturated rings. The minimum atomic E-state index is -0.269. The van der Waals surface area contributed by atoms with Crippen LogP contribution in [0.5, 0.6) is 0 Å². The van der Waals surface area contributed by atoms with Gasteiger partial charge in [-0.1, -0.05) is 13.8 Å². The Bertz CT molecular complexity index is 302. The molecule has 0 amide bonds. The average Bonchev–Trinajstić information content (AvgIpc) is 2.57. The van der Waals surface area contributed by atoms with Gasteiger partial charge in [-0.05, 0) is 12.8 Å². The zero-order valence-corrected chi connectivity index (χ0v) is 8.05. The van der Waals surface area contributed by atoms with Crippen molar-refractivity contribution in [2.24, 2.45) is 5.73 Å². The lowest BCUT2D eigenvalue weighted by molar-refractivity contribution is 0.383. The average molecular weight is 184 g/mol. The summed E-state index contributed by atoms with van der Waals surface area (Å²) in [6, 6.07) is 0. The number of hydrogen-bond donors (Lipinski definition) is 3. The highest BCUT2D eigenvalue weighted by Crippen LogP contribution is 2.26. The number of H-pyrrole nitrogens is 2. The van der Waals surface area contributed by atoms with Crippen LogP contribution in [0, 0.1) is 0 Å². The van der Waals surface area contributed by atoms with Crippen molar-refractivity contribution >= 4 is 0 Å². The lowest BCUT2D eigenvalue weighted by Gasteiger charge is -2.26. The minimum Gasteiger partial charge on any atom is -0.329 e. The molecule has 4 N–H and O–H groups in total. The third-order valence-corrected chi connectivity index (χ3v) is 2.75. The summed E-state index contributed by atoms with van der Waals surface area (Å²) < 4.78 is 0. The molecule has 0 spiro atoms. The highest BCUT2D eigenvalue weighted by Gasteiger charge is 2.30. The highest BCUT2D eigenvalue weighted by molar-refractivity contribution is 5.06. The zero-order valence-electron chi connectivity index (χ0n) is 8.05. The second-order valence-corrected chi connectivity index (χ2v) is 3.22. The fourth-order valence-electron chi connectivity index (χ4n) is 1.49. The Kier molecular flexibility index (Phi) is 2.87. The van der Waals surface area contributed by atoms with Crippen LogP contribution in [-0.2, 0) is 5.41 Å². The molecule has 0 aromatic carbocycles. The van der Waals surface area contributed by atoms with Crippen molar-refractivity contribution in [3.8, 4) is 0 Å². The van der Waals surface area contributed by atoms with Crippen LogP contribution < -0.4 is 11.4 Å². The van der Waals surface area contributed by atoms with Gasteiger partial charge >= 0.3 is 5.69 Å².